The highest BCUT2D eigenvalue weighted by molar-refractivity contribution is 5.89. The zero-order chi connectivity index (χ0) is 13.0. The van der Waals surface area contributed by atoms with Crippen molar-refractivity contribution in [2.45, 2.75) is 50.7 Å². The molecule has 1 heterocycles. The summed E-state index contributed by atoms with van der Waals surface area (Å²) in [6.07, 6.45) is 5.53. The number of methoxy groups -OCH3 is 1. The summed E-state index contributed by atoms with van der Waals surface area (Å²) < 4.78 is 10.6. The van der Waals surface area contributed by atoms with Crippen LogP contribution in [0.5, 0.6) is 0 Å². The fraction of sp³-hybridized carbons (Fsp3) is 0.714. The van der Waals surface area contributed by atoms with Crippen LogP contribution in [0.3, 0.4) is 0 Å². The van der Waals surface area contributed by atoms with Crippen molar-refractivity contribution in [1.29, 1.82) is 0 Å². The lowest BCUT2D eigenvalue weighted by Crippen LogP contribution is -2.49. The van der Waals surface area contributed by atoms with Gasteiger partial charge in [-0.2, -0.15) is 0 Å². The van der Waals surface area contributed by atoms with Crippen LogP contribution in [0.15, 0.2) is 11.6 Å². The Morgan fingerprint density at radius 3 is 2.94 bits per heavy atom. The van der Waals surface area contributed by atoms with Gasteiger partial charge in [0.05, 0.1) is 12.5 Å². The summed E-state index contributed by atoms with van der Waals surface area (Å²) in [6, 6.07) is 0. The van der Waals surface area contributed by atoms with E-state index in [2.05, 4.69) is 4.74 Å². The van der Waals surface area contributed by atoms with E-state index < -0.39 is 0 Å². The van der Waals surface area contributed by atoms with E-state index in [0.717, 1.165) is 31.3 Å². The molecule has 0 aromatic carbocycles. The lowest BCUT2D eigenvalue weighted by atomic mass is 9.58. The SMILES string of the molecule is COC(=O)/C=C1/CC[C@]2(C)C(=O)CCC[C@]23O[C@H]13. The Bertz CT molecular complexity index is 453. The maximum atomic E-state index is 12.2. The van der Waals surface area contributed by atoms with Gasteiger partial charge in [0.25, 0.3) is 0 Å². The molecule has 1 saturated heterocycles. The molecule has 18 heavy (non-hydrogen) atoms. The number of esters is 1. The second kappa shape index (κ2) is 3.67. The summed E-state index contributed by atoms with van der Waals surface area (Å²) in [4.78, 5) is 23.5. The number of ether oxygens (including phenoxy) is 2. The quantitative estimate of drug-likeness (QED) is 0.404. The van der Waals surface area contributed by atoms with E-state index in [0.29, 0.717) is 12.2 Å². The summed E-state index contributed by atoms with van der Waals surface area (Å²) >= 11 is 0. The van der Waals surface area contributed by atoms with Crippen LogP contribution in [0.25, 0.3) is 0 Å². The molecule has 1 spiro atoms. The summed E-state index contributed by atoms with van der Waals surface area (Å²) in [6.45, 7) is 2.03. The highest BCUT2D eigenvalue weighted by atomic mass is 16.6. The average molecular weight is 250 g/mol. The van der Waals surface area contributed by atoms with Crippen LogP contribution in [-0.4, -0.2) is 30.6 Å². The summed E-state index contributed by atoms with van der Waals surface area (Å²) in [7, 11) is 1.37. The summed E-state index contributed by atoms with van der Waals surface area (Å²) in [5, 5.41) is 0. The number of rotatable bonds is 1. The van der Waals surface area contributed by atoms with Crippen molar-refractivity contribution in [2.75, 3.05) is 7.11 Å². The fourth-order valence-electron chi connectivity index (χ4n) is 3.69. The maximum absolute atomic E-state index is 12.2. The Labute approximate surface area is 106 Å². The number of hydrogen-bond acceptors (Lipinski definition) is 4. The number of Topliss-reactive ketones (excluding diaryl/α,β-unsaturated/α-hetero) is 1. The molecule has 3 atom stereocenters. The van der Waals surface area contributed by atoms with Crippen LogP contribution >= 0.6 is 0 Å². The van der Waals surface area contributed by atoms with Gasteiger partial charge in [0, 0.05) is 12.5 Å². The van der Waals surface area contributed by atoms with Crippen LogP contribution in [0.1, 0.15) is 39.0 Å². The van der Waals surface area contributed by atoms with Gasteiger partial charge in [0.2, 0.25) is 0 Å². The molecule has 3 aliphatic rings. The van der Waals surface area contributed by atoms with E-state index in [-0.39, 0.29) is 23.1 Å². The normalized spacial score (nSPS) is 44.2. The molecule has 0 aromatic heterocycles. The molecule has 0 aromatic rings. The van der Waals surface area contributed by atoms with Crippen molar-refractivity contribution >= 4 is 11.8 Å². The highest BCUT2D eigenvalue weighted by Gasteiger charge is 2.72. The molecule has 0 N–H and O–H groups in total. The number of carbonyl (C=O) groups excluding carboxylic acids is 2. The second-order valence-corrected chi connectivity index (χ2v) is 5.74. The zero-order valence-electron chi connectivity index (χ0n) is 10.8. The molecule has 0 amide bonds. The van der Waals surface area contributed by atoms with E-state index in [9.17, 15) is 9.59 Å². The topological polar surface area (TPSA) is 55.9 Å². The van der Waals surface area contributed by atoms with Gasteiger partial charge in [-0.1, -0.05) is 0 Å². The number of carbonyl (C=O) groups is 2. The van der Waals surface area contributed by atoms with Crippen LogP contribution in [0.2, 0.25) is 0 Å². The Balaban J connectivity index is 1.90. The van der Waals surface area contributed by atoms with Crippen LogP contribution in [-0.2, 0) is 19.1 Å². The Morgan fingerprint density at radius 2 is 2.22 bits per heavy atom. The third kappa shape index (κ3) is 1.35. The van der Waals surface area contributed by atoms with Crippen molar-refractivity contribution in [2.24, 2.45) is 5.41 Å². The first kappa shape index (κ1) is 11.9. The predicted molar refractivity (Wildman–Crippen MR) is 63.9 cm³/mol. The van der Waals surface area contributed by atoms with E-state index in [1.54, 1.807) is 0 Å². The monoisotopic (exact) mass is 250 g/mol. The molecule has 0 radical (unpaired) electrons. The van der Waals surface area contributed by atoms with Crippen molar-refractivity contribution in [3.8, 4) is 0 Å². The van der Waals surface area contributed by atoms with Crippen molar-refractivity contribution in [1.82, 2.24) is 0 Å². The second-order valence-electron chi connectivity index (χ2n) is 5.74. The molecule has 3 fully saturated rings. The minimum absolute atomic E-state index is 0.0420. The van der Waals surface area contributed by atoms with Crippen molar-refractivity contribution < 1.29 is 19.1 Å². The van der Waals surface area contributed by atoms with Gasteiger partial charge in [-0.25, -0.2) is 4.79 Å². The average Bonchev–Trinajstić information content (AvgIpc) is 3.08. The van der Waals surface area contributed by atoms with E-state index in [4.69, 9.17) is 4.74 Å². The highest BCUT2D eigenvalue weighted by Crippen LogP contribution is 2.64. The maximum Gasteiger partial charge on any atom is 0.330 e. The van der Waals surface area contributed by atoms with Gasteiger partial charge in [0.1, 0.15) is 17.5 Å². The van der Waals surface area contributed by atoms with E-state index in [1.807, 2.05) is 6.92 Å². The molecule has 2 saturated carbocycles. The van der Waals surface area contributed by atoms with Gasteiger partial charge in [-0.15, -0.1) is 0 Å². The number of ketones is 1. The Hall–Kier alpha value is -1.16. The molecule has 3 rings (SSSR count). The first-order chi connectivity index (χ1) is 8.53. The minimum Gasteiger partial charge on any atom is -0.466 e. The molecular formula is C14H18O4. The number of hydrogen-bond donors (Lipinski definition) is 0. The zero-order valence-corrected chi connectivity index (χ0v) is 10.8. The fourth-order valence-corrected chi connectivity index (χ4v) is 3.69. The van der Waals surface area contributed by atoms with Gasteiger partial charge >= 0.3 is 5.97 Å². The number of epoxide rings is 1. The van der Waals surface area contributed by atoms with Gasteiger partial charge < -0.3 is 9.47 Å². The van der Waals surface area contributed by atoms with Crippen LogP contribution < -0.4 is 0 Å². The van der Waals surface area contributed by atoms with E-state index in [1.165, 1.54) is 13.2 Å². The van der Waals surface area contributed by atoms with Gasteiger partial charge in [0.15, 0.2) is 0 Å². The predicted octanol–water partition coefficient (Wildman–Crippen LogP) is 1.78. The lowest BCUT2D eigenvalue weighted by molar-refractivity contribution is -0.136. The first-order valence-electron chi connectivity index (χ1n) is 6.53. The summed E-state index contributed by atoms with van der Waals surface area (Å²) in [5.41, 5.74) is 0.332. The smallest absolute Gasteiger partial charge is 0.330 e. The molecular weight excluding hydrogens is 232 g/mol. The largest absolute Gasteiger partial charge is 0.466 e. The molecule has 4 heteroatoms. The van der Waals surface area contributed by atoms with Crippen molar-refractivity contribution in [3.63, 3.8) is 0 Å². The van der Waals surface area contributed by atoms with Crippen LogP contribution in [0.4, 0.5) is 0 Å². The lowest BCUT2D eigenvalue weighted by Gasteiger charge is -2.41. The molecule has 1 aliphatic heterocycles. The Morgan fingerprint density at radius 1 is 1.44 bits per heavy atom. The van der Waals surface area contributed by atoms with Gasteiger partial charge in [-0.05, 0) is 38.2 Å². The Kier molecular flexibility index (Phi) is 2.43. The minimum atomic E-state index is -0.344. The third-order valence-electron chi connectivity index (χ3n) is 4.95. The third-order valence-corrected chi connectivity index (χ3v) is 4.95. The molecule has 0 bridgehead atoms. The molecule has 98 valence electrons. The molecule has 4 nitrogen and oxygen atoms in total. The van der Waals surface area contributed by atoms with Crippen LogP contribution in [0, 0.1) is 5.41 Å². The molecule has 2 aliphatic carbocycles. The van der Waals surface area contributed by atoms with E-state index >= 15 is 0 Å². The standard InChI is InChI=1S/C14H18O4/c1-13-7-5-9(8-11(16)17-2)12-14(13,18-12)6-3-4-10(13)15/h8,12H,3-7H2,1-2H3/b9-8-/t12-,13-,14-/m1/s1. The van der Waals surface area contributed by atoms with Gasteiger partial charge in [-0.3, -0.25) is 4.79 Å². The molecule has 0 unspecified atom stereocenters. The first-order valence-corrected chi connectivity index (χ1v) is 6.53. The van der Waals surface area contributed by atoms with Crippen molar-refractivity contribution in [3.05, 3.63) is 11.6 Å². The summed E-state index contributed by atoms with van der Waals surface area (Å²) in [5.74, 6) is -0.00485.